The van der Waals surface area contributed by atoms with Gasteiger partial charge in [0.1, 0.15) is 0 Å². The number of aromatic nitrogens is 1. The number of anilines is 1. The summed E-state index contributed by atoms with van der Waals surface area (Å²) in [5, 5.41) is 0.622. The van der Waals surface area contributed by atoms with Crippen molar-refractivity contribution in [2.45, 2.75) is 26.2 Å². The van der Waals surface area contributed by atoms with Crippen molar-refractivity contribution in [1.29, 1.82) is 0 Å². The standard InChI is InChI=1S/C11H13BrN2S/c1-11(2,3)6-4-7(12)9-8(5-6)15-10(13)14-9/h4-5H,1-3H3,(H2,13,14). The van der Waals surface area contributed by atoms with Crippen LogP contribution >= 0.6 is 27.3 Å². The second-order valence-corrected chi connectivity index (χ2v) is 6.52. The van der Waals surface area contributed by atoms with Crippen molar-refractivity contribution in [3.63, 3.8) is 0 Å². The highest BCUT2D eigenvalue weighted by molar-refractivity contribution is 9.10. The maximum absolute atomic E-state index is 5.71. The first kappa shape index (κ1) is 10.9. The predicted octanol–water partition coefficient (Wildman–Crippen LogP) is 3.94. The van der Waals surface area contributed by atoms with Gasteiger partial charge in [0.25, 0.3) is 0 Å². The molecule has 0 unspecified atom stereocenters. The minimum absolute atomic E-state index is 0.148. The zero-order valence-corrected chi connectivity index (χ0v) is 11.4. The van der Waals surface area contributed by atoms with Crippen LogP contribution in [0.3, 0.4) is 0 Å². The molecule has 0 bridgehead atoms. The molecule has 0 aliphatic rings. The van der Waals surface area contributed by atoms with E-state index in [4.69, 9.17) is 5.73 Å². The average molecular weight is 285 g/mol. The number of benzene rings is 1. The van der Waals surface area contributed by atoms with Gasteiger partial charge in [0.2, 0.25) is 0 Å². The number of nitrogens with two attached hydrogens (primary N) is 1. The van der Waals surface area contributed by atoms with Crippen LogP contribution in [0.5, 0.6) is 0 Å². The predicted molar refractivity (Wildman–Crippen MR) is 70.4 cm³/mol. The Morgan fingerprint density at radius 1 is 1.33 bits per heavy atom. The van der Waals surface area contributed by atoms with E-state index < -0.39 is 0 Å². The summed E-state index contributed by atoms with van der Waals surface area (Å²) in [5.74, 6) is 0. The molecule has 4 heteroatoms. The second kappa shape index (κ2) is 3.46. The monoisotopic (exact) mass is 284 g/mol. The molecule has 0 fully saturated rings. The molecule has 2 nitrogen and oxygen atoms in total. The van der Waals surface area contributed by atoms with Crippen LogP contribution in [0.15, 0.2) is 16.6 Å². The van der Waals surface area contributed by atoms with Gasteiger partial charge in [0, 0.05) is 4.47 Å². The lowest BCUT2D eigenvalue weighted by molar-refractivity contribution is 0.591. The molecule has 0 aliphatic heterocycles. The molecule has 0 atom stereocenters. The smallest absolute Gasteiger partial charge is 0.181 e. The molecule has 1 aromatic carbocycles. The highest BCUT2D eigenvalue weighted by Gasteiger charge is 2.16. The molecule has 2 N–H and O–H groups in total. The van der Waals surface area contributed by atoms with Crippen molar-refractivity contribution in [1.82, 2.24) is 4.98 Å². The summed E-state index contributed by atoms with van der Waals surface area (Å²) >= 11 is 5.08. The largest absolute Gasteiger partial charge is 0.375 e. The number of thiazole rings is 1. The lowest BCUT2D eigenvalue weighted by atomic mass is 9.87. The normalized spacial score (nSPS) is 12.3. The van der Waals surface area contributed by atoms with Crippen molar-refractivity contribution >= 4 is 42.6 Å². The zero-order chi connectivity index (χ0) is 11.2. The van der Waals surface area contributed by atoms with Crippen molar-refractivity contribution in [2.75, 3.05) is 5.73 Å². The third kappa shape index (κ3) is 2.01. The fourth-order valence-corrected chi connectivity index (χ4v) is 2.92. The lowest BCUT2D eigenvalue weighted by Gasteiger charge is -2.19. The van der Waals surface area contributed by atoms with Crippen molar-refractivity contribution in [3.05, 3.63) is 22.2 Å². The Morgan fingerprint density at radius 2 is 2.00 bits per heavy atom. The third-order valence-electron chi connectivity index (χ3n) is 2.33. The Kier molecular flexibility index (Phi) is 2.51. The Morgan fingerprint density at radius 3 is 2.60 bits per heavy atom. The van der Waals surface area contributed by atoms with Gasteiger partial charge in [-0.1, -0.05) is 32.1 Å². The van der Waals surface area contributed by atoms with Crippen LogP contribution in [0.25, 0.3) is 10.2 Å². The van der Waals surface area contributed by atoms with Crippen LogP contribution in [-0.2, 0) is 5.41 Å². The van der Waals surface area contributed by atoms with Crippen LogP contribution in [-0.4, -0.2) is 4.98 Å². The van der Waals surface area contributed by atoms with Crippen molar-refractivity contribution in [3.8, 4) is 0 Å². The minimum atomic E-state index is 0.148. The van der Waals surface area contributed by atoms with E-state index in [9.17, 15) is 0 Å². The molecule has 0 radical (unpaired) electrons. The van der Waals surface area contributed by atoms with Crippen LogP contribution in [0.4, 0.5) is 5.13 Å². The molecule has 1 aromatic heterocycles. The summed E-state index contributed by atoms with van der Waals surface area (Å²) in [5.41, 5.74) is 8.11. The van der Waals surface area contributed by atoms with Gasteiger partial charge in [-0.2, -0.15) is 0 Å². The zero-order valence-electron chi connectivity index (χ0n) is 8.97. The molecule has 0 saturated carbocycles. The van der Waals surface area contributed by atoms with E-state index in [0.29, 0.717) is 5.13 Å². The molecule has 0 aliphatic carbocycles. The molecular formula is C11H13BrN2S. The minimum Gasteiger partial charge on any atom is -0.375 e. The number of fused-ring (bicyclic) bond motifs is 1. The third-order valence-corrected chi connectivity index (χ3v) is 3.77. The molecule has 15 heavy (non-hydrogen) atoms. The van der Waals surface area contributed by atoms with E-state index >= 15 is 0 Å². The second-order valence-electron chi connectivity index (χ2n) is 4.61. The molecular weight excluding hydrogens is 272 g/mol. The number of nitrogen functional groups attached to an aromatic ring is 1. The highest BCUT2D eigenvalue weighted by atomic mass is 79.9. The maximum Gasteiger partial charge on any atom is 0.181 e. The first-order chi connectivity index (χ1) is 6.88. The quantitative estimate of drug-likeness (QED) is 0.796. The van der Waals surface area contributed by atoms with E-state index in [1.165, 1.54) is 16.9 Å². The summed E-state index contributed by atoms with van der Waals surface area (Å²) in [7, 11) is 0. The molecule has 1 heterocycles. The molecule has 0 spiro atoms. The topological polar surface area (TPSA) is 38.9 Å². The summed E-state index contributed by atoms with van der Waals surface area (Å²) < 4.78 is 2.17. The number of hydrogen-bond acceptors (Lipinski definition) is 3. The SMILES string of the molecule is CC(C)(C)c1cc(Br)c2nc(N)sc2c1. The van der Waals surface area contributed by atoms with Crippen LogP contribution in [0.2, 0.25) is 0 Å². The summed E-state index contributed by atoms with van der Waals surface area (Å²) in [4.78, 5) is 4.29. The van der Waals surface area contributed by atoms with Gasteiger partial charge in [-0.05, 0) is 39.0 Å². The van der Waals surface area contributed by atoms with Gasteiger partial charge in [0.05, 0.1) is 10.2 Å². The van der Waals surface area contributed by atoms with Gasteiger partial charge in [-0.3, -0.25) is 0 Å². The lowest BCUT2D eigenvalue weighted by Crippen LogP contribution is -2.10. The highest BCUT2D eigenvalue weighted by Crippen LogP contribution is 2.34. The number of rotatable bonds is 0. The Labute approximate surface area is 102 Å². The van der Waals surface area contributed by atoms with E-state index in [-0.39, 0.29) is 5.41 Å². The molecule has 2 aromatic rings. The van der Waals surface area contributed by atoms with Crippen molar-refractivity contribution in [2.24, 2.45) is 0 Å². The van der Waals surface area contributed by atoms with E-state index in [0.717, 1.165) is 14.7 Å². The number of halogens is 1. The summed E-state index contributed by atoms with van der Waals surface area (Å²) in [6.45, 7) is 6.60. The Bertz CT molecular complexity index is 511. The average Bonchev–Trinajstić information content (AvgIpc) is 2.44. The van der Waals surface area contributed by atoms with Gasteiger partial charge in [-0.15, -0.1) is 0 Å². The van der Waals surface area contributed by atoms with Gasteiger partial charge in [0.15, 0.2) is 5.13 Å². The fourth-order valence-electron chi connectivity index (χ4n) is 1.44. The van der Waals surface area contributed by atoms with Gasteiger partial charge in [-0.25, -0.2) is 4.98 Å². The maximum atomic E-state index is 5.71. The van der Waals surface area contributed by atoms with E-state index in [1.807, 2.05) is 0 Å². The Balaban J connectivity index is 2.72. The molecule has 80 valence electrons. The molecule has 0 saturated heterocycles. The van der Waals surface area contributed by atoms with E-state index in [1.54, 1.807) is 0 Å². The van der Waals surface area contributed by atoms with Crippen molar-refractivity contribution < 1.29 is 0 Å². The summed E-state index contributed by atoms with van der Waals surface area (Å²) in [6.07, 6.45) is 0. The molecule has 0 amide bonds. The number of hydrogen-bond donors (Lipinski definition) is 1. The van der Waals surface area contributed by atoms with Gasteiger partial charge < -0.3 is 5.73 Å². The Hall–Kier alpha value is -0.610. The first-order valence-electron chi connectivity index (χ1n) is 4.74. The van der Waals surface area contributed by atoms with Crippen LogP contribution in [0.1, 0.15) is 26.3 Å². The van der Waals surface area contributed by atoms with Gasteiger partial charge >= 0.3 is 0 Å². The van der Waals surface area contributed by atoms with E-state index in [2.05, 4.69) is 53.8 Å². The summed E-state index contributed by atoms with van der Waals surface area (Å²) in [6, 6.07) is 4.30. The molecule has 2 rings (SSSR count). The van der Waals surface area contributed by atoms with Crippen LogP contribution in [0, 0.1) is 0 Å². The fraction of sp³-hybridized carbons (Fsp3) is 0.364. The number of nitrogens with zero attached hydrogens (tertiary/aromatic N) is 1. The van der Waals surface area contributed by atoms with Crippen LogP contribution < -0.4 is 5.73 Å². The first-order valence-corrected chi connectivity index (χ1v) is 6.35.